The van der Waals surface area contributed by atoms with Crippen LogP contribution in [-0.2, 0) is 6.42 Å². The van der Waals surface area contributed by atoms with Gasteiger partial charge in [0, 0.05) is 11.7 Å². The smallest absolute Gasteiger partial charge is 0.104 e. The molecule has 1 aromatic heterocycles. The summed E-state index contributed by atoms with van der Waals surface area (Å²) >= 11 is 0. The maximum absolute atomic E-state index is 10.4. The third-order valence-electron chi connectivity index (χ3n) is 3.60. The molecule has 1 heterocycles. The molecule has 0 amide bonds. The first kappa shape index (κ1) is 12.0. The summed E-state index contributed by atoms with van der Waals surface area (Å²) in [7, 11) is 0. The van der Waals surface area contributed by atoms with Crippen LogP contribution in [0.5, 0.6) is 0 Å². The average molecular weight is 251 g/mol. The minimum Gasteiger partial charge on any atom is -0.384 e. The van der Waals surface area contributed by atoms with Crippen molar-refractivity contribution in [3.8, 4) is 0 Å². The SMILES string of the molecule is CCc1ccc(C(O)c2ccc3[nH]ccc3c2)cc1. The highest BCUT2D eigenvalue weighted by atomic mass is 16.3. The van der Waals surface area contributed by atoms with Gasteiger partial charge in [0.15, 0.2) is 0 Å². The van der Waals surface area contributed by atoms with E-state index in [2.05, 4.69) is 24.0 Å². The highest BCUT2D eigenvalue weighted by Gasteiger charge is 2.10. The van der Waals surface area contributed by atoms with Gasteiger partial charge >= 0.3 is 0 Å². The lowest BCUT2D eigenvalue weighted by Gasteiger charge is -2.12. The molecule has 96 valence electrons. The number of nitrogens with one attached hydrogen (secondary N) is 1. The summed E-state index contributed by atoms with van der Waals surface area (Å²) in [5, 5.41) is 11.6. The molecule has 3 aromatic rings. The maximum Gasteiger partial charge on any atom is 0.104 e. The van der Waals surface area contributed by atoms with Gasteiger partial charge in [-0.05, 0) is 46.7 Å². The molecule has 0 bridgehead atoms. The molecule has 0 spiro atoms. The number of benzene rings is 2. The largest absolute Gasteiger partial charge is 0.384 e. The number of aliphatic hydroxyl groups is 1. The highest BCUT2D eigenvalue weighted by molar-refractivity contribution is 5.80. The van der Waals surface area contributed by atoms with Crippen LogP contribution in [0.2, 0.25) is 0 Å². The summed E-state index contributed by atoms with van der Waals surface area (Å²) in [6.45, 7) is 2.13. The molecule has 0 fully saturated rings. The molecule has 0 aliphatic carbocycles. The van der Waals surface area contributed by atoms with Gasteiger partial charge in [-0.3, -0.25) is 0 Å². The number of aliphatic hydroxyl groups excluding tert-OH is 1. The quantitative estimate of drug-likeness (QED) is 0.729. The fraction of sp³-hybridized carbons (Fsp3) is 0.176. The van der Waals surface area contributed by atoms with E-state index in [1.54, 1.807) is 0 Å². The fourth-order valence-corrected chi connectivity index (χ4v) is 2.37. The van der Waals surface area contributed by atoms with Gasteiger partial charge in [0.2, 0.25) is 0 Å². The van der Waals surface area contributed by atoms with Crippen LogP contribution in [0.15, 0.2) is 54.7 Å². The van der Waals surface area contributed by atoms with E-state index in [1.165, 1.54) is 5.56 Å². The van der Waals surface area contributed by atoms with E-state index in [4.69, 9.17) is 0 Å². The van der Waals surface area contributed by atoms with E-state index in [1.807, 2.05) is 42.6 Å². The highest BCUT2D eigenvalue weighted by Crippen LogP contribution is 2.25. The predicted molar refractivity (Wildman–Crippen MR) is 78.2 cm³/mol. The van der Waals surface area contributed by atoms with Gasteiger partial charge in [0.05, 0.1) is 0 Å². The number of rotatable bonds is 3. The number of aromatic nitrogens is 1. The normalized spacial score (nSPS) is 12.7. The molecule has 2 N–H and O–H groups in total. The standard InChI is InChI=1S/C17H17NO/c1-2-12-3-5-13(6-4-12)17(19)15-7-8-16-14(11-15)9-10-18-16/h3-11,17-19H,2H2,1H3. The van der Waals surface area contributed by atoms with Crippen molar-refractivity contribution in [2.24, 2.45) is 0 Å². The number of aryl methyl sites for hydroxylation is 1. The molecule has 0 saturated heterocycles. The molecule has 0 saturated carbocycles. The molecule has 0 aliphatic heterocycles. The summed E-state index contributed by atoms with van der Waals surface area (Å²) < 4.78 is 0. The van der Waals surface area contributed by atoms with Crippen LogP contribution in [0.4, 0.5) is 0 Å². The molecule has 3 rings (SSSR count). The Morgan fingerprint density at radius 2 is 1.74 bits per heavy atom. The Bertz CT molecular complexity index is 682. The Hall–Kier alpha value is -2.06. The van der Waals surface area contributed by atoms with Gasteiger partial charge in [-0.2, -0.15) is 0 Å². The Kier molecular flexibility index (Phi) is 3.10. The van der Waals surface area contributed by atoms with Crippen molar-refractivity contribution in [1.29, 1.82) is 0 Å². The van der Waals surface area contributed by atoms with E-state index < -0.39 is 6.10 Å². The number of fused-ring (bicyclic) bond motifs is 1. The first-order valence-electron chi connectivity index (χ1n) is 6.62. The van der Waals surface area contributed by atoms with E-state index in [0.29, 0.717) is 0 Å². The minimum atomic E-state index is -0.565. The summed E-state index contributed by atoms with van der Waals surface area (Å²) in [4.78, 5) is 3.16. The topological polar surface area (TPSA) is 36.0 Å². The van der Waals surface area contributed by atoms with E-state index >= 15 is 0 Å². The van der Waals surface area contributed by atoms with Gasteiger partial charge < -0.3 is 10.1 Å². The second kappa shape index (κ2) is 4.90. The molecule has 2 nitrogen and oxygen atoms in total. The van der Waals surface area contributed by atoms with Gasteiger partial charge in [0.1, 0.15) is 6.10 Å². The molecule has 1 unspecified atom stereocenters. The molecular weight excluding hydrogens is 234 g/mol. The van der Waals surface area contributed by atoms with Crippen molar-refractivity contribution in [3.63, 3.8) is 0 Å². The molecule has 0 radical (unpaired) electrons. The zero-order valence-corrected chi connectivity index (χ0v) is 10.9. The zero-order chi connectivity index (χ0) is 13.2. The third-order valence-corrected chi connectivity index (χ3v) is 3.60. The summed E-state index contributed by atoms with van der Waals surface area (Å²) in [5.41, 5.74) is 4.25. The number of hydrogen-bond donors (Lipinski definition) is 2. The van der Waals surface area contributed by atoms with Crippen LogP contribution in [-0.4, -0.2) is 10.1 Å². The van der Waals surface area contributed by atoms with E-state index in [9.17, 15) is 5.11 Å². The molecule has 2 heteroatoms. The number of aromatic amines is 1. The average Bonchev–Trinajstić information content (AvgIpc) is 2.94. The summed E-state index contributed by atoms with van der Waals surface area (Å²) in [5.74, 6) is 0. The lowest BCUT2D eigenvalue weighted by atomic mass is 9.99. The Labute approximate surface area is 112 Å². The number of H-pyrrole nitrogens is 1. The number of hydrogen-bond acceptors (Lipinski definition) is 1. The second-order valence-electron chi connectivity index (χ2n) is 4.82. The third kappa shape index (κ3) is 2.27. The Morgan fingerprint density at radius 3 is 2.47 bits per heavy atom. The minimum absolute atomic E-state index is 0.565. The maximum atomic E-state index is 10.4. The van der Waals surface area contributed by atoms with Gasteiger partial charge in [-0.25, -0.2) is 0 Å². The first-order chi connectivity index (χ1) is 9.28. The van der Waals surface area contributed by atoms with Crippen molar-refractivity contribution < 1.29 is 5.11 Å². The van der Waals surface area contributed by atoms with Crippen LogP contribution in [0.25, 0.3) is 10.9 Å². The van der Waals surface area contributed by atoms with Crippen molar-refractivity contribution >= 4 is 10.9 Å². The van der Waals surface area contributed by atoms with Crippen LogP contribution in [0, 0.1) is 0 Å². The van der Waals surface area contributed by atoms with Crippen molar-refractivity contribution in [2.75, 3.05) is 0 Å². The lowest BCUT2D eigenvalue weighted by Crippen LogP contribution is -1.99. The first-order valence-corrected chi connectivity index (χ1v) is 6.62. The molecule has 0 aliphatic rings. The molecular formula is C17H17NO. The second-order valence-corrected chi connectivity index (χ2v) is 4.82. The van der Waals surface area contributed by atoms with E-state index in [-0.39, 0.29) is 0 Å². The summed E-state index contributed by atoms with van der Waals surface area (Å²) in [6, 6.07) is 16.2. The van der Waals surface area contributed by atoms with Crippen LogP contribution in [0.3, 0.4) is 0 Å². The van der Waals surface area contributed by atoms with Gasteiger partial charge in [-0.15, -0.1) is 0 Å². The molecule has 2 aromatic carbocycles. The van der Waals surface area contributed by atoms with Crippen molar-refractivity contribution in [1.82, 2.24) is 4.98 Å². The van der Waals surface area contributed by atoms with Gasteiger partial charge in [-0.1, -0.05) is 37.3 Å². The zero-order valence-electron chi connectivity index (χ0n) is 10.9. The fourth-order valence-electron chi connectivity index (χ4n) is 2.37. The van der Waals surface area contributed by atoms with Crippen molar-refractivity contribution in [2.45, 2.75) is 19.4 Å². The Morgan fingerprint density at radius 1 is 1.00 bits per heavy atom. The van der Waals surface area contributed by atoms with Gasteiger partial charge in [0.25, 0.3) is 0 Å². The molecule has 19 heavy (non-hydrogen) atoms. The van der Waals surface area contributed by atoms with Crippen LogP contribution < -0.4 is 0 Å². The monoisotopic (exact) mass is 251 g/mol. The van der Waals surface area contributed by atoms with Crippen molar-refractivity contribution in [3.05, 3.63) is 71.4 Å². The predicted octanol–water partition coefficient (Wildman–Crippen LogP) is 3.81. The lowest BCUT2D eigenvalue weighted by molar-refractivity contribution is 0.220. The molecule has 1 atom stereocenters. The van der Waals surface area contributed by atoms with Crippen LogP contribution >= 0.6 is 0 Å². The van der Waals surface area contributed by atoms with E-state index in [0.717, 1.165) is 28.5 Å². The van der Waals surface area contributed by atoms with Crippen LogP contribution in [0.1, 0.15) is 29.7 Å². The Balaban J connectivity index is 1.94. The summed E-state index contributed by atoms with van der Waals surface area (Å²) in [6.07, 6.45) is 2.37.